The van der Waals surface area contributed by atoms with Crippen LogP contribution in [0.5, 0.6) is 0 Å². The zero-order valence-electron chi connectivity index (χ0n) is 18.1. The van der Waals surface area contributed by atoms with Gasteiger partial charge in [-0.3, -0.25) is 9.69 Å². The highest BCUT2D eigenvalue weighted by Gasteiger charge is 2.37. The van der Waals surface area contributed by atoms with Gasteiger partial charge in [-0.15, -0.1) is 0 Å². The Bertz CT molecular complexity index is 886. The van der Waals surface area contributed by atoms with Gasteiger partial charge >= 0.3 is 5.97 Å². The van der Waals surface area contributed by atoms with E-state index < -0.39 is 9.84 Å². The molecule has 0 aromatic heterocycles. The Balaban J connectivity index is 1.60. The lowest BCUT2D eigenvalue weighted by Crippen LogP contribution is -2.59. The van der Waals surface area contributed by atoms with E-state index in [2.05, 4.69) is 16.7 Å². The molecule has 2 heterocycles. The van der Waals surface area contributed by atoms with Crippen LogP contribution in [-0.4, -0.2) is 93.5 Å². The number of methoxy groups -OCH3 is 1. The number of carbonyl (C=O) groups is 2. The van der Waals surface area contributed by atoms with Crippen molar-refractivity contribution < 1.29 is 22.7 Å². The molecule has 0 saturated carbocycles. The predicted molar refractivity (Wildman–Crippen MR) is 115 cm³/mol. The van der Waals surface area contributed by atoms with E-state index in [1.54, 1.807) is 24.1 Å². The molecule has 0 radical (unpaired) electrons. The molecule has 1 aromatic rings. The minimum absolute atomic E-state index is 0.0279. The first-order valence-electron chi connectivity index (χ1n) is 10.3. The zero-order chi connectivity index (χ0) is 22.1. The number of benzene rings is 1. The molecule has 3 unspecified atom stereocenters. The van der Waals surface area contributed by atoms with Crippen LogP contribution in [0, 0.1) is 0 Å². The molecule has 1 amide bonds. The Kier molecular flexibility index (Phi) is 6.71. The van der Waals surface area contributed by atoms with E-state index in [9.17, 15) is 18.0 Å². The standard InChI is InChI=1S/C21H31N3O5S/c1-15-13-23(18-7-5-17(6-8-18)21(26)29-4)10-11-24(15)16(2)20(25)22(3)19-9-12-30(27,28)14-19/h5-8,15-16,19H,9-14H2,1-4H3. The van der Waals surface area contributed by atoms with E-state index in [0.717, 1.165) is 25.3 Å². The number of amides is 1. The van der Waals surface area contributed by atoms with E-state index >= 15 is 0 Å². The van der Waals surface area contributed by atoms with Crippen molar-refractivity contribution in [3.05, 3.63) is 29.8 Å². The van der Waals surface area contributed by atoms with Crippen LogP contribution in [0.4, 0.5) is 5.69 Å². The van der Waals surface area contributed by atoms with E-state index in [1.807, 2.05) is 19.1 Å². The Labute approximate surface area is 178 Å². The SMILES string of the molecule is COC(=O)c1ccc(N2CCN(C(C)C(=O)N(C)C3CCS(=O)(=O)C3)C(C)C2)cc1. The van der Waals surface area contributed by atoms with Crippen LogP contribution < -0.4 is 4.90 Å². The molecule has 0 spiro atoms. The summed E-state index contributed by atoms with van der Waals surface area (Å²) in [6.45, 7) is 6.25. The van der Waals surface area contributed by atoms with Crippen molar-refractivity contribution in [3.63, 3.8) is 0 Å². The van der Waals surface area contributed by atoms with Gasteiger partial charge in [0.2, 0.25) is 5.91 Å². The molecule has 1 aromatic carbocycles. The van der Waals surface area contributed by atoms with Crippen LogP contribution in [-0.2, 0) is 19.4 Å². The van der Waals surface area contributed by atoms with Crippen LogP contribution in [0.15, 0.2) is 24.3 Å². The van der Waals surface area contributed by atoms with Crippen molar-refractivity contribution in [1.82, 2.24) is 9.80 Å². The Morgan fingerprint density at radius 1 is 1.20 bits per heavy atom. The number of hydrogen-bond acceptors (Lipinski definition) is 7. The van der Waals surface area contributed by atoms with Gasteiger partial charge in [-0.25, -0.2) is 13.2 Å². The van der Waals surface area contributed by atoms with Gasteiger partial charge in [0.25, 0.3) is 0 Å². The van der Waals surface area contributed by atoms with Crippen molar-refractivity contribution in [3.8, 4) is 0 Å². The van der Waals surface area contributed by atoms with Gasteiger partial charge in [0, 0.05) is 44.5 Å². The third-order valence-electron chi connectivity index (χ3n) is 6.29. The lowest BCUT2D eigenvalue weighted by atomic mass is 10.1. The number of hydrogen-bond donors (Lipinski definition) is 0. The fraction of sp³-hybridized carbons (Fsp3) is 0.619. The van der Waals surface area contributed by atoms with Crippen molar-refractivity contribution in [2.45, 2.75) is 38.4 Å². The van der Waals surface area contributed by atoms with Crippen LogP contribution in [0.3, 0.4) is 0 Å². The summed E-state index contributed by atoms with van der Waals surface area (Å²) in [6, 6.07) is 6.96. The number of esters is 1. The molecular formula is C21H31N3O5S. The number of rotatable bonds is 5. The molecule has 2 aliphatic heterocycles. The maximum Gasteiger partial charge on any atom is 0.337 e. The molecule has 0 aliphatic carbocycles. The molecule has 2 saturated heterocycles. The fourth-order valence-corrected chi connectivity index (χ4v) is 6.18. The maximum absolute atomic E-state index is 13.0. The van der Waals surface area contributed by atoms with Gasteiger partial charge in [0.1, 0.15) is 0 Å². The highest BCUT2D eigenvalue weighted by Crippen LogP contribution is 2.23. The number of ether oxygens (including phenoxy) is 1. The number of carbonyl (C=O) groups excluding carboxylic acids is 2. The second kappa shape index (κ2) is 8.93. The van der Waals surface area contributed by atoms with Crippen molar-refractivity contribution in [2.24, 2.45) is 0 Å². The monoisotopic (exact) mass is 437 g/mol. The number of nitrogens with zero attached hydrogens (tertiary/aromatic N) is 3. The lowest BCUT2D eigenvalue weighted by molar-refractivity contribution is -0.137. The molecule has 2 aliphatic rings. The van der Waals surface area contributed by atoms with Gasteiger partial charge in [0.05, 0.1) is 30.2 Å². The molecule has 3 atom stereocenters. The summed E-state index contributed by atoms with van der Waals surface area (Å²) in [5, 5.41) is 0. The topological polar surface area (TPSA) is 87.2 Å². The first-order chi connectivity index (χ1) is 14.1. The smallest absolute Gasteiger partial charge is 0.337 e. The van der Waals surface area contributed by atoms with E-state index in [0.29, 0.717) is 12.0 Å². The molecule has 3 rings (SSSR count). The second-order valence-electron chi connectivity index (χ2n) is 8.25. The van der Waals surface area contributed by atoms with Crippen LogP contribution in [0.25, 0.3) is 0 Å². The third kappa shape index (κ3) is 4.78. The molecule has 8 nitrogen and oxygen atoms in total. The first-order valence-corrected chi connectivity index (χ1v) is 12.1. The predicted octanol–water partition coefficient (Wildman–Crippen LogP) is 1.02. The summed E-state index contributed by atoms with van der Waals surface area (Å²) in [5.74, 6) is -0.161. The molecule has 166 valence electrons. The van der Waals surface area contributed by atoms with Crippen molar-refractivity contribution in [1.29, 1.82) is 0 Å². The summed E-state index contributed by atoms with van der Waals surface area (Å²) >= 11 is 0. The molecule has 30 heavy (non-hydrogen) atoms. The van der Waals surface area contributed by atoms with Gasteiger partial charge in [-0.05, 0) is 44.5 Å². The van der Waals surface area contributed by atoms with Crippen LogP contribution >= 0.6 is 0 Å². The summed E-state index contributed by atoms with van der Waals surface area (Å²) in [6.07, 6.45) is 0.516. The minimum atomic E-state index is -3.03. The maximum atomic E-state index is 13.0. The lowest BCUT2D eigenvalue weighted by Gasteiger charge is -2.44. The number of piperazine rings is 1. The van der Waals surface area contributed by atoms with Crippen molar-refractivity contribution in [2.75, 3.05) is 50.2 Å². The summed E-state index contributed by atoms with van der Waals surface area (Å²) in [4.78, 5) is 30.7. The fourth-order valence-electron chi connectivity index (χ4n) is 4.41. The molecule has 2 fully saturated rings. The number of sulfone groups is 1. The molecule has 9 heteroatoms. The van der Waals surface area contributed by atoms with Gasteiger partial charge in [0.15, 0.2) is 9.84 Å². The highest BCUT2D eigenvalue weighted by molar-refractivity contribution is 7.91. The summed E-state index contributed by atoms with van der Waals surface area (Å²) in [7, 11) is 0.0535. The summed E-state index contributed by atoms with van der Waals surface area (Å²) < 4.78 is 28.3. The third-order valence-corrected chi connectivity index (χ3v) is 8.04. The molecule has 0 bridgehead atoms. The largest absolute Gasteiger partial charge is 0.465 e. The number of anilines is 1. The Morgan fingerprint density at radius 2 is 1.87 bits per heavy atom. The molecule has 0 N–H and O–H groups in total. The Morgan fingerprint density at radius 3 is 2.40 bits per heavy atom. The Hall–Kier alpha value is -2.13. The average molecular weight is 438 g/mol. The van der Waals surface area contributed by atoms with Gasteiger partial charge in [-0.1, -0.05) is 0 Å². The second-order valence-corrected chi connectivity index (χ2v) is 10.5. The quantitative estimate of drug-likeness (QED) is 0.636. The van der Waals surface area contributed by atoms with E-state index in [1.165, 1.54) is 7.11 Å². The summed E-state index contributed by atoms with van der Waals surface area (Å²) in [5.41, 5.74) is 1.55. The van der Waals surface area contributed by atoms with E-state index in [-0.39, 0.29) is 41.5 Å². The average Bonchev–Trinajstić information content (AvgIpc) is 3.11. The van der Waals surface area contributed by atoms with Gasteiger partial charge in [-0.2, -0.15) is 0 Å². The van der Waals surface area contributed by atoms with Gasteiger partial charge < -0.3 is 14.5 Å². The van der Waals surface area contributed by atoms with Crippen LogP contribution in [0.2, 0.25) is 0 Å². The van der Waals surface area contributed by atoms with Crippen molar-refractivity contribution >= 4 is 27.4 Å². The molecular weight excluding hydrogens is 406 g/mol. The van der Waals surface area contributed by atoms with E-state index in [4.69, 9.17) is 4.74 Å². The minimum Gasteiger partial charge on any atom is -0.465 e. The normalized spacial score (nSPS) is 25.0. The number of likely N-dealkylation sites (N-methyl/N-ethyl adjacent to an activating group) is 1. The highest BCUT2D eigenvalue weighted by atomic mass is 32.2. The first kappa shape index (κ1) is 22.6. The van der Waals surface area contributed by atoms with Crippen LogP contribution in [0.1, 0.15) is 30.6 Å². The zero-order valence-corrected chi connectivity index (χ0v) is 18.9.